The number of fused-ring (bicyclic) bond motifs is 1. The molecule has 1 amide bonds. The highest BCUT2D eigenvalue weighted by Crippen LogP contribution is 2.37. The highest BCUT2D eigenvalue weighted by molar-refractivity contribution is 6.31. The lowest BCUT2D eigenvalue weighted by atomic mass is 9.94. The van der Waals surface area contributed by atoms with Gasteiger partial charge in [0, 0.05) is 49.8 Å². The molecule has 10 nitrogen and oxygen atoms in total. The summed E-state index contributed by atoms with van der Waals surface area (Å²) in [6, 6.07) is 8.40. The smallest absolute Gasteiger partial charge is 0.410 e. The zero-order chi connectivity index (χ0) is 26.6. The number of pyridine rings is 1. The Morgan fingerprint density at radius 3 is 2.61 bits per heavy atom. The van der Waals surface area contributed by atoms with E-state index in [0.717, 1.165) is 29.5 Å². The molecule has 5 heterocycles. The number of anilines is 3. The first kappa shape index (κ1) is 24.4. The average molecular weight is 533 g/mol. The van der Waals surface area contributed by atoms with Gasteiger partial charge in [-0.1, -0.05) is 31.5 Å². The number of hydrogen-bond acceptors (Lipinski definition) is 8. The molecular formula is C27H29ClN8O2. The van der Waals surface area contributed by atoms with E-state index in [1.54, 1.807) is 30.2 Å². The van der Waals surface area contributed by atoms with Crippen molar-refractivity contribution in [3.63, 3.8) is 0 Å². The van der Waals surface area contributed by atoms with Crippen LogP contribution in [0.5, 0.6) is 0 Å². The second-order valence-electron chi connectivity index (χ2n) is 10.2. The molecule has 38 heavy (non-hydrogen) atoms. The Morgan fingerprint density at radius 2 is 1.92 bits per heavy atom. The number of aromatic nitrogens is 5. The zero-order valence-electron chi connectivity index (χ0n) is 21.7. The molecule has 0 aliphatic carbocycles. The summed E-state index contributed by atoms with van der Waals surface area (Å²) in [7, 11) is 1.80. The highest BCUT2D eigenvalue weighted by atomic mass is 35.5. The quantitative estimate of drug-likeness (QED) is 0.371. The van der Waals surface area contributed by atoms with E-state index in [-0.39, 0.29) is 18.2 Å². The predicted molar refractivity (Wildman–Crippen MR) is 147 cm³/mol. The first-order valence-electron chi connectivity index (χ1n) is 12.7. The summed E-state index contributed by atoms with van der Waals surface area (Å²) in [5.41, 5.74) is 3.03. The SMILES string of the molecule is CC1CN(C2CN(c3ccc(C(C)C)c4cc(Nc5ccnc(-c6cn(C)nc6Cl)n5)ncc34)C2)C(=O)O1. The van der Waals surface area contributed by atoms with Gasteiger partial charge in [-0.2, -0.15) is 5.10 Å². The topological polar surface area (TPSA) is 101 Å². The van der Waals surface area contributed by atoms with Crippen LogP contribution in [0.3, 0.4) is 0 Å². The highest BCUT2D eigenvalue weighted by Gasteiger charge is 2.40. The van der Waals surface area contributed by atoms with Crippen molar-refractivity contribution in [3.8, 4) is 11.4 Å². The maximum Gasteiger partial charge on any atom is 0.410 e. The Hall–Kier alpha value is -3.92. The number of carbonyl (C=O) groups excluding carboxylic acids is 1. The molecule has 2 saturated heterocycles. The molecule has 2 aliphatic heterocycles. The Morgan fingerprint density at radius 1 is 1.11 bits per heavy atom. The largest absolute Gasteiger partial charge is 0.444 e. The van der Waals surface area contributed by atoms with Gasteiger partial charge in [-0.15, -0.1) is 0 Å². The maximum atomic E-state index is 12.1. The summed E-state index contributed by atoms with van der Waals surface area (Å²) in [4.78, 5) is 30.0. The molecule has 0 radical (unpaired) electrons. The summed E-state index contributed by atoms with van der Waals surface area (Å²) in [5.74, 6) is 2.13. The van der Waals surface area contributed by atoms with E-state index < -0.39 is 0 Å². The third-order valence-corrected chi connectivity index (χ3v) is 7.38. The fraction of sp³-hybridized carbons (Fsp3) is 0.370. The molecule has 4 aromatic rings. The Balaban J connectivity index is 1.28. The van der Waals surface area contributed by atoms with Crippen LogP contribution in [0.15, 0.2) is 42.9 Å². The molecule has 1 atom stereocenters. The first-order chi connectivity index (χ1) is 18.3. The van der Waals surface area contributed by atoms with Gasteiger partial charge >= 0.3 is 6.09 Å². The lowest BCUT2D eigenvalue weighted by Crippen LogP contribution is -2.60. The molecule has 0 spiro atoms. The number of cyclic esters (lactones) is 1. The van der Waals surface area contributed by atoms with E-state index in [4.69, 9.17) is 21.3 Å². The number of hydrogen-bond donors (Lipinski definition) is 1. The van der Waals surface area contributed by atoms with E-state index >= 15 is 0 Å². The Bertz CT molecular complexity index is 1530. The van der Waals surface area contributed by atoms with Crippen molar-refractivity contribution >= 4 is 45.8 Å². The number of amides is 1. The van der Waals surface area contributed by atoms with Gasteiger partial charge in [0.15, 0.2) is 11.0 Å². The zero-order valence-corrected chi connectivity index (χ0v) is 22.5. The third kappa shape index (κ3) is 4.38. The van der Waals surface area contributed by atoms with Crippen molar-refractivity contribution in [2.24, 2.45) is 7.05 Å². The molecule has 6 rings (SSSR count). The van der Waals surface area contributed by atoms with Crippen molar-refractivity contribution in [2.45, 2.75) is 38.8 Å². The van der Waals surface area contributed by atoms with Crippen LogP contribution in [0.1, 0.15) is 32.3 Å². The van der Waals surface area contributed by atoms with E-state index in [2.05, 4.69) is 57.3 Å². The lowest BCUT2D eigenvalue weighted by Gasteiger charge is -2.45. The van der Waals surface area contributed by atoms with Gasteiger partial charge in [-0.05, 0) is 42.0 Å². The van der Waals surface area contributed by atoms with Crippen molar-refractivity contribution in [1.29, 1.82) is 0 Å². The molecule has 11 heteroatoms. The van der Waals surface area contributed by atoms with E-state index in [0.29, 0.717) is 40.6 Å². The molecule has 1 unspecified atom stereocenters. The lowest BCUT2D eigenvalue weighted by molar-refractivity contribution is 0.129. The summed E-state index contributed by atoms with van der Waals surface area (Å²) < 4.78 is 6.95. The fourth-order valence-corrected chi connectivity index (χ4v) is 5.42. The van der Waals surface area contributed by atoms with Crippen molar-refractivity contribution in [2.75, 3.05) is 29.9 Å². The number of ether oxygens (including phenoxy) is 1. The van der Waals surface area contributed by atoms with Crippen LogP contribution in [-0.4, -0.2) is 67.5 Å². The number of rotatable bonds is 6. The minimum atomic E-state index is -0.210. The van der Waals surface area contributed by atoms with Crippen LogP contribution in [0, 0.1) is 0 Å². The maximum absolute atomic E-state index is 12.1. The third-order valence-electron chi connectivity index (χ3n) is 7.10. The van der Waals surface area contributed by atoms with Crippen molar-refractivity contribution in [3.05, 3.63) is 53.6 Å². The minimum absolute atomic E-state index is 0.0508. The number of nitrogens with one attached hydrogen (secondary N) is 1. The first-order valence-corrected chi connectivity index (χ1v) is 13.1. The van der Waals surface area contributed by atoms with Crippen molar-refractivity contribution < 1.29 is 9.53 Å². The number of carbonyl (C=O) groups is 1. The molecule has 0 bridgehead atoms. The minimum Gasteiger partial charge on any atom is -0.444 e. The standard InChI is InChI=1S/C27H29ClN8O2/c1-15(2)18-5-6-22(35-12-17(13-35)36-11-16(3)38-27(36)37)20-10-30-24(9-19(18)20)31-23-7-8-29-26(32-23)21-14-34(4)33-25(21)28/h5-10,14-17H,11-13H2,1-4H3,(H,29,30,31,32). The molecular weight excluding hydrogens is 504 g/mol. The summed E-state index contributed by atoms with van der Waals surface area (Å²) in [5, 5.41) is 10.1. The molecule has 2 fully saturated rings. The molecule has 1 N–H and O–H groups in total. The van der Waals surface area contributed by atoms with Crippen molar-refractivity contribution in [1.82, 2.24) is 29.6 Å². The van der Waals surface area contributed by atoms with Crippen LogP contribution >= 0.6 is 11.6 Å². The second kappa shape index (κ2) is 9.43. The number of aryl methyl sites for hydroxylation is 1. The van der Waals surface area contributed by atoms with Gasteiger partial charge < -0.3 is 15.0 Å². The van der Waals surface area contributed by atoms with Gasteiger partial charge in [0.25, 0.3) is 0 Å². The normalized spacial score (nSPS) is 17.8. The summed E-state index contributed by atoms with van der Waals surface area (Å²) in [6.07, 6.45) is 5.13. The molecule has 3 aromatic heterocycles. The fourth-order valence-electron chi connectivity index (χ4n) is 5.17. The molecule has 0 saturated carbocycles. The number of benzene rings is 1. The monoisotopic (exact) mass is 532 g/mol. The second-order valence-corrected chi connectivity index (χ2v) is 10.6. The molecule has 2 aliphatic rings. The Kier molecular flexibility index (Phi) is 6.06. The number of halogens is 1. The van der Waals surface area contributed by atoms with Gasteiger partial charge in [0.1, 0.15) is 17.7 Å². The van der Waals surface area contributed by atoms with Crippen LogP contribution in [0.2, 0.25) is 5.15 Å². The number of nitrogens with zero attached hydrogens (tertiary/aromatic N) is 7. The van der Waals surface area contributed by atoms with Crippen LogP contribution in [0.4, 0.5) is 22.1 Å². The average Bonchev–Trinajstić information content (AvgIpc) is 3.37. The van der Waals surface area contributed by atoms with Crippen LogP contribution in [-0.2, 0) is 11.8 Å². The molecule has 1 aromatic carbocycles. The van der Waals surface area contributed by atoms with Gasteiger partial charge in [0.2, 0.25) is 0 Å². The van der Waals surface area contributed by atoms with E-state index in [1.165, 1.54) is 5.56 Å². The van der Waals surface area contributed by atoms with Gasteiger partial charge in [-0.3, -0.25) is 9.58 Å². The predicted octanol–water partition coefficient (Wildman–Crippen LogP) is 4.98. The molecule has 196 valence electrons. The van der Waals surface area contributed by atoms with Gasteiger partial charge in [0.05, 0.1) is 18.2 Å². The van der Waals surface area contributed by atoms with Gasteiger partial charge in [-0.25, -0.2) is 19.7 Å². The van der Waals surface area contributed by atoms with E-state index in [9.17, 15) is 4.79 Å². The Labute approximate surface area is 225 Å². The van der Waals surface area contributed by atoms with Crippen LogP contribution in [0.25, 0.3) is 22.2 Å². The van der Waals surface area contributed by atoms with E-state index in [1.807, 2.05) is 18.0 Å². The summed E-state index contributed by atoms with van der Waals surface area (Å²) in [6.45, 7) is 8.52. The summed E-state index contributed by atoms with van der Waals surface area (Å²) >= 11 is 6.25. The van der Waals surface area contributed by atoms with Crippen LogP contribution < -0.4 is 10.2 Å².